The second-order valence-electron chi connectivity index (χ2n) is 8.53. The molecule has 3 rings (SSSR count). The average Bonchev–Trinajstić information content (AvgIpc) is 2.73. The summed E-state index contributed by atoms with van der Waals surface area (Å²) in [5.41, 5.74) is 1.66. The molecule has 1 aromatic carbocycles. The van der Waals surface area contributed by atoms with Crippen molar-refractivity contribution in [3.05, 3.63) is 35.4 Å². The zero-order valence-corrected chi connectivity index (χ0v) is 17.2. The van der Waals surface area contributed by atoms with Crippen LogP contribution in [0, 0.1) is 5.41 Å². The van der Waals surface area contributed by atoms with E-state index in [1.807, 2.05) is 29.2 Å². The lowest BCUT2D eigenvalue weighted by molar-refractivity contribution is -0.0788. The number of carbonyl (C=O) groups excluding carboxylic acids is 1. The van der Waals surface area contributed by atoms with Crippen LogP contribution >= 0.6 is 0 Å². The Hall–Kier alpha value is -1.46. The summed E-state index contributed by atoms with van der Waals surface area (Å²) in [6.45, 7) is 5.93. The van der Waals surface area contributed by atoms with E-state index in [4.69, 9.17) is 0 Å². The van der Waals surface area contributed by atoms with Gasteiger partial charge in [-0.05, 0) is 63.1 Å². The van der Waals surface area contributed by atoms with Crippen molar-refractivity contribution in [2.45, 2.75) is 58.0 Å². The smallest absolute Gasteiger partial charge is 0.254 e. The largest absolute Gasteiger partial charge is 0.392 e. The molecule has 5 heteroatoms. The topological polar surface area (TPSA) is 43.8 Å². The van der Waals surface area contributed by atoms with E-state index in [2.05, 4.69) is 11.8 Å². The molecular formula is C23H35FN2O2. The zero-order chi connectivity index (χ0) is 20.0. The first-order chi connectivity index (χ1) is 13.6. The highest BCUT2D eigenvalue weighted by Crippen LogP contribution is 2.39. The summed E-state index contributed by atoms with van der Waals surface area (Å²) < 4.78 is 12.3. The Morgan fingerprint density at radius 1 is 1.21 bits per heavy atom. The Bertz CT molecular complexity index is 653. The second-order valence-corrected chi connectivity index (χ2v) is 8.53. The Morgan fingerprint density at radius 3 is 2.82 bits per heavy atom. The number of hydrogen-bond acceptors (Lipinski definition) is 3. The van der Waals surface area contributed by atoms with Crippen molar-refractivity contribution in [2.75, 3.05) is 39.4 Å². The average molecular weight is 391 g/mol. The van der Waals surface area contributed by atoms with Crippen LogP contribution < -0.4 is 0 Å². The number of halogens is 1. The Balaban J connectivity index is 1.68. The van der Waals surface area contributed by atoms with Crippen molar-refractivity contribution < 1.29 is 14.3 Å². The number of hydrogen-bond donors (Lipinski definition) is 1. The summed E-state index contributed by atoms with van der Waals surface area (Å²) in [6.07, 6.45) is 5.71. The number of rotatable bonds is 7. The molecule has 1 aromatic rings. The molecule has 2 heterocycles. The number of aliphatic hydroxyl groups excluding tert-OH is 1. The zero-order valence-electron chi connectivity index (χ0n) is 17.2. The van der Waals surface area contributed by atoms with Gasteiger partial charge in [-0.3, -0.25) is 9.18 Å². The maximum atomic E-state index is 13.2. The molecule has 0 saturated carbocycles. The van der Waals surface area contributed by atoms with Gasteiger partial charge in [0.15, 0.2) is 0 Å². The Kier molecular flexibility index (Phi) is 7.47. The van der Waals surface area contributed by atoms with E-state index < -0.39 is 0 Å². The van der Waals surface area contributed by atoms with Gasteiger partial charge in [-0.2, -0.15) is 0 Å². The maximum absolute atomic E-state index is 13.2. The van der Waals surface area contributed by atoms with Crippen LogP contribution in [0.25, 0.3) is 0 Å². The monoisotopic (exact) mass is 390 g/mol. The number of aliphatic hydroxyl groups is 1. The molecule has 2 fully saturated rings. The fourth-order valence-electron chi connectivity index (χ4n) is 4.98. The van der Waals surface area contributed by atoms with Crippen molar-refractivity contribution in [3.63, 3.8) is 0 Å². The molecular weight excluding hydrogens is 355 g/mol. The number of benzene rings is 1. The van der Waals surface area contributed by atoms with Crippen molar-refractivity contribution in [1.82, 2.24) is 9.80 Å². The van der Waals surface area contributed by atoms with Crippen molar-refractivity contribution in [1.29, 1.82) is 0 Å². The molecule has 2 aliphatic rings. The van der Waals surface area contributed by atoms with Gasteiger partial charge in [0.05, 0.1) is 12.8 Å². The van der Waals surface area contributed by atoms with Gasteiger partial charge in [-0.1, -0.05) is 25.1 Å². The summed E-state index contributed by atoms with van der Waals surface area (Å²) in [5, 5.41) is 10.9. The van der Waals surface area contributed by atoms with Crippen molar-refractivity contribution in [3.8, 4) is 0 Å². The van der Waals surface area contributed by atoms with Crippen LogP contribution in [-0.2, 0) is 6.42 Å². The lowest BCUT2D eigenvalue weighted by Crippen LogP contribution is -2.59. The molecule has 0 radical (unpaired) electrons. The molecule has 156 valence electrons. The first kappa shape index (κ1) is 21.3. The molecule has 2 atom stereocenters. The molecule has 0 aliphatic carbocycles. The van der Waals surface area contributed by atoms with E-state index in [-0.39, 0.29) is 24.1 Å². The van der Waals surface area contributed by atoms with E-state index in [1.54, 1.807) is 0 Å². The highest BCUT2D eigenvalue weighted by atomic mass is 19.1. The van der Waals surface area contributed by atoms with Crippen molar-refractivity contribution >= 4 is 5.91 Å². The minimum Gasteiger partial charge on any atom is -0.392 e. The number of unbranched alkanes of at least 4 members (excludes halogenated alkanes) is 2. The minimum absolute atomic E-state index is 0.101. The van der Waals surface area contributed by atoms with Crippen LogP contribution in [0.2, 0.25) is 0 Å². The predicted octanol–water partition coefficient (Wildman–Crippen LogP) is 3.68. The number of likely N-dealkylation sites (tertiary alicyclic amines) is 2. The highest BCUT2D eigenvalue weighted by Gasteiger charge is 2.46. The highest BCUT2D eigenvalue weighted by molar-refractivity contribution is 5.95. The van der Waals surface area contributed by atoms with Crippen LogP contribution in [0.3, 0.4) is 0 Å². The molecule has 4 nitrogen and oxygen atoms in total. The summed E-state index contributed by atoms with van der Waals surface area (Å²) in [5.74, 6) is 0.101. The lowest BCUT2D eigenvalue weighted by atomic mass is 9.71. The fourth-order valence-corrected chi connectivity index (χ4v) is 4.98. The van der Waals surface area contributed by atoms with Crippen LogP contribution in [0.4, 0.5) is 4.39 Å². The van der Waals surface area contributed by atoms with Gasteiger partial charge < -0.3 is 14.9 Å². The number of piperidine rings is 2. The molecule has 1 amide bonds. The molecule has 0 aromatic heterocycles. The predicted molar refractivity (Wildman–Crippen MR) is 110 cm³/mol. The minimum atomic E-state index is -0.355. The number of aryl methyl sites for hydroxylation is 1. The number of carbonyl (C=O) groups is 1. The molecule has 0 unspecified atom stereocenters. The molecule has 0 bridgehead atoms. The maximum Gasteiger partial charge on any atom is 0.254 e. The van der Waals surface area contributed by atoms with E-state index in [1.165, 1.54) is 0 Å². The third kappa shape index (κ3) is 4.74. The van der Waals surface area contributed by atoms with E-state index in [0.717, 1.165) is 75.8 Å². The van der Waals surface area contributed by atoms with Crippen LogP contribution in [0.15, 0.2) is 24.3 Å². The number of amides is 1. The van der Waals surface area contributed by atoms with Gasteiger partial charge in [0.1, 0.15) is 0 Å². The quantitative estimate of drug-likeness (QED) is 0.723. The first-order valence-electron chi connectivity index (χ1n) is 10.9. The normalized spacial score (nSPS) is 26.0. The lowest BCUT2D eigenvalue weighted by Gasteiger charge is -2.51. The number of alkyl halides is 1. The third-order valence-electron chi connectivity index (χ3n) is 6.60. The fraction of sp³-hybridized carbons (Fsp3) is 0.696. The van der Waals surface area contributed by atoms with Crippen LogP contribution in [0.1, 0.15) is 61.4 Å². The summed E-state index contributed by atoms with van der Waals surface area (Å²) in [6, 6.07) is 7.87. The molecule has 1 N–H and O–H groups in total. The van der Waals surface area contributed by atoms with E-state index in [0.29, 0.717) is 13.0 Å². The molecule has 1 spiro atoms. The molecule has 2 saturated heterocycles. The van der Waals surface area contributed by atoms with Gasteiger partial charge in [-0.25, -0.2) is 0 Å². The Morgan fingerprint density at radius 2 is 2.04 bits per heavy atom. The summed E-state index contributed by atoms with van der Waals surface area (Å²) >= 11 is 0. The van der Waals surface area contributed by atoms with Crippen molar-refractivity contribution in [2.24, 2.45) is 5.41 Å². The van der Waals surface area contributed by atoms with Crippen LogP contribution in [-0.4, -0.2) is 66.3 Å². The van der Waals surface area contributed by atoms with Gasteiger partial charge in [0, 0.05) is 37.2 Å². The Labute approximate surface area is 168 Å². The van der Waals surface area contributed by atoms with Crippen LogP contribution in [0.5, 0.6) is 0 Å². The van der Waals surface area contributed by atoms with E-state index >= 15 is 0 Å². The van der Waals surface area contributed by atoms with E-state index in [9.17, 15) is 14.3 Å². The SMILES string of the molecule is CCc1ccccc1C(=O)N1CCC[C@@]2(CN(CCCCCF)CC[C@H]2O)C1. The standard InChI is InChI=1S/C23H35FN2O2/c1-2-19-9-4-5-10-20(19)22(28)26-15-8-12-23(18-26)17-25(16-11-21(23)27)14-7-3-6-13-24/h4-5,9-10,21,27H,2-3,6-8,11-18H2,1H3/t21-,23-/m1/s1. The molecule has 2 aliphatic heterocycles. The third-order valence-corrected chi connectivity index (χ3v) is 6.60. The molecule has 28 heavy (non-hydrogen) atoms. The van der Waals surface area contributed by atoms with Gasteiger partial charge in [0.2, 0.25) is 0 Å². The van der Waals surface area contributed by atoms with Gasteiger partial charge in [0.25, 0.3) is 5.91 Å². The first-order valence-corrected chi connectivity index (χ1v) is 10.9. The van der Waals surface area contributed by atoms with Gasteiger partial charge >= 0.3 is 0 Å². The summed E-state index contributed by atoms with van der Waals surface area (Å²) in [7, 11) is 0. The van der Waals surface area contributed by atoms with Gasteiger partial charge in [-0.15, -0.1) is 0 Å². The summed E-state index contributed by atoms with van der Waals surface area (Å²) in [4.78, 5) is 17.6. The second kappa shape index (κ2) is 9.84. The number of nitrogens with zero attached hydrogens (tertiary/aromatic N) is 2.